The Morgan fingerprint density at radius 1 is 1.30 bits per heavy atom. The Morgan fingerprint density at radius 3 is 2.35 bits per heavy atom. The molecule has 1 fully saturated rings. The molecule has 1 aliphatic rings. The summed E-state index contributed by atoms with van der Waals surface area (Å²) in [6.45, 7) is 3.35. The van der Waals surface area contributed by atoms with Crippen molar-refractivity contribution >= 4 is 11.9 Å². The number of hydrogen-bond donors (Lipinski definition) is 1. The summed E-state index contributed by atoms with van der Waals surface area (Å²) in [5.41, 5.74) is -0.610. The van der Waals surface area contributed by atoms with Crippen molar-refractivity contribution < 1.29 is 27.8 Å². The third kappa shape index (κ3) is 2.50. The molecule has 0 saturated heterocycles. The molecule has 20 heavy (non-hydrogen) atoms. The van der Waals surface area contributed by atoms with Crippen molar-refractivity contribution in [3.8, 4) is 0 Å². The zero-order valence-corrected chi connectivity index (χ0v) is 11.0. The molecular weight excluding hydrogens is 274 g/mol. The van der Waals surface area contributed by atoms with E-state index in [1.54, 1.807) is 13.8 Å². The van der Waals surface area contributed by atoms with Gasteiger partial charge in [-0.25, -0.2) is 18.4 Å². The van der Waals surface area contributed by atoms with Crippen molar-refractivity contribution in [3.63, 3.8) is 0 Å². The maximum atomic E-state index is 13.3. The number of aromatic amines is 1. The molecule has 0 amide bonds. The predicted molar refractivity (Wildman–Crippen MR) is 62.8 cm³/mol. The van der Waals surface area contributed by atoms with Crippen LogP contribution in [-0.4, -0.2) is 41.3 Å². The molecule has 1 aromatic heterocycles. The minimum atomic E-state index is -2.94. The number of esters is 2. The second-order valence-electron chi connectivity index (χ2n) is 4.32. The largest absolute Gasteiger partial charge is 0.461 e. The molecule has 1 aliphatic carbocycles. The lowest BCUT2D eigenvalue weighted by Crippen LogP contribution is -2.12. The van der Waals surface area contributed by atoms with Crippen molar-refractivity contribution in [2.24, 2.45) is 0 Å². The monoisotopic (exact) mass is 288 g/mol. The van der Waals surface area contributed by atoms with Gasteiger partial charge < -0.3 is 9.47 Å². The van der Waals surface area contributed by atoms with Crippen molar-refractivity contribution in [1.82, 2.24) is 10.2 Å². The summed E-state index contributed by atoms with van der Waals surface area (Å²) < 4.78 is 36.1. The Balaban J connectivity index is 2.39. The van der Waals surface area contributed by atoms with Crippen molar-refractivity contribution in [2.45, 2.75) is 32.1 Å². The molecule has 6 nitrogen and oxygen atoms in total. The first-order valence-corrected chi connectivity index (χ1v) is 6.22. The van der Waals surface area contributed by atoms with Gasteiger partial charge in [0.15, 0.2) is 5.69 Å². The van der Waals surface area contributed by atoms with Gasteiger partial charge in [-0.2, -0.15) is 5.10 Å². The van der Waals surface area contributed by atoms with E-state index >= 15 is 0 Å². The SMILES string of the molecule is CCOC(=O)c1n[nH]c(C(=O)OCC)c1C1CC1(F)F. The number of ether oxygens (including phenoxy) is 2. The van der Waals surface area contributed by atoms with Crippen molar-refractivity contribution in [3.05, 3.63) is 17.0 Å². The number of alkyl halides is 2. The summed E-state index contributed by atoms with van der Waals surface area (Å²) in [7, 11) is 0. The highest BCUT2D eigenvalue weighted by Gasteiger charge is 2.60. The number of H-pyrrole nitrogens is 1. The Bertz CT molecular complexity index is 506. The van der Waals surface area contributed by atoms with Crippen LogP contribution in [0.25, 0.3) is 0 Å². The van der Waals surface area contributed by atoms with Gasteiger partial charge in [-0.3, -0.25) is 5.10 Å². The van der Waals surface area contributed by atoms with Gasteiger partial charge >= 0.3 is 11.9 Å². The van der Waals surface area contributed by atoms with Crippen LogP contribution in [-0.2, 0) is 9.47 Å². The summed E-state index contributed by atoms with van der Waals surface area (Å²) >= 11 is 0. The topological polar surface area (TPSA) is 81.3 Å². The van der Waals surface area contributed by atoms with Gasteiger partial charge in [-0.15, -0.1) is 0 Å². The first kappa shape index (κ1) is 14.4. The number of halogens is 2. The molecular formula is C12H14F2N2O4. The highest BCUT2D eigenvalue weighted by atomic mass is 19.3. The molecule has 0 spiro atoms. The van der Waals surface area contributed by atoms with Crippen LogP contribution in [0.4, 0.5) is 8.78 Å². The van der Waals surface area contributed by atoms with Gasteiger partial charge in [0.1, 0.15) is 5.69 Å². The van der Waals surface area contributed by atoms with Crippen LogP contribution in [0.3, 0.4) is 0 Å². The van der Waals surface area contributed by atoms with Crippen molar-refractivity contribution in [2.75, 3.05) is 13.2 Å². The summed E-state index contributed by atoms with van der Waals surface area (Å²) in [5, 5.41) is 5.93. The second-order valence-corrected chi connectivity index (χ2v) is 4.32. The lowest BCUT2D eigenvalue weighted by molar-refractivity contribution is 0.0513. The maximum Gasteiger partial charge on any atom is 0.359 e. The fourth-order valence-corrected chi connectivity index (χ4v) is 1.93. The smallest absolute Gasteiger partial charge is 0.359 e. The number of hydrogen-bond acceptors (Lipinski definition) is 5. The molecule has 1 saturated carbocycles. The molecule has 0 aliphatic heterocycles. The highest BCUT2D eigenvalue weighted by molar-refractivity contribution is 5.96. The molecule has 8 heteroatoms. The Morgan fingerprint density at radius 2 is 1.85 bits per heavy atom. The van der Waals surface area contributed by atoms with Gasteiger partial charge in [0, 0.05) is 12.0 Å². The van der Waals surface area contributed by atoms with Gasteiger partial charge in [0.25, 0.3) is 5.92 Å². The molecule has 1 N–H and O–H groups in total. The average molecular weight is 288 g/mol. The third-order valence-electron chi connectivity index (χ3n) is 2.93. The maximum absolute atomic E-state index is 13.3. The third-order valence-corrected chi connectivity index (χ3v) is 2.93. The number of carbonyl (C=O) groups is 2. The summed E-state index contributed by atoms with van der Waals surface area (Å²) in [5.74, 6) is -5.79. The van der Waals surface area contributed by atoms with E-state index in [1.807, 2.05) is 0 Å². The minimum absolute atomic E-state index is 0.0843. The van der Waals surface area contributed by atoms with E-state index < -0.39 is 30.2 Å². The summed E-state index contributed by atoms with van der Waals surface area (Å²) in [6.07, 6.45) is -0.425. The van der Waals surface area contributed by atoms with E-state index in [-0.39, 0.29) is 30.2 Å². The first-order chi connectivity index (χ1) is 9.42. The van der Waals surface area contributed by atoms with E-state index in [0.29, 0.717) is 0 Å². The highest BCUT2D eigenvalue weighted by Crippen LogP contribution is 2.57. The Hall–Kier alpha value is -1.99. The van der Waals surface area contributed by atoms with Crippen molar-refractivity contribution in [1.29, 1.82) is 0 Å². The molecule has 110 valence electrons. The number of carbonyl (C=O) groups excluding carboxylic acids is 2. The normalized spacial score (nSPS) is 19.5. The standard InChI is InChI=1S/C12H14F2N2O4/c1-3-19-10(17)8-7(6-5-12(6,13)14)9(16-15-8)11(18)20-4-2/h6H,3-5H2,1-2H3,(H,15,16). The molecule has 1 heterocycles. The van der Waals surface area contributed by atoms with Crippen LogP contribution < -0.4 is 0 Å². The molecule has 1 atom stereocenters. The first-order valence-electron chi connectivity index (χ1n) is 6.22. The zero-order valence-electron chi connectivity index (χ0n) is 11.0. The Labute approximate surface area is 113 Å². The molecule has 0 bridgehead atoms. The van der Waals surface area contributed by atoms with Crippen LogP contribution in [0.5, 0.6) is 0 Å². The molecule has 1 unspecified atom stereocenters. The van der Waals surface area contributed by atoms with E-state index in [4.69, 9.17) is 9.47 Å². The number of nitrogens with zero attached hydrogens (tertiary/aromatic N) is 1. The predicted octanol–water partition coefficient (Wildman–Crippen LogP) is 1.89. The second kappa shape index (κ2) is 5.18. The summed E-state index contributed by atoms with van der Waals surface area (Å²) in [4.78, 5) is 23.4. The van der Waals surface area contributed by atoms with E-state index in [0.717, 1.165) is 0 Å². The number of nitrogens with one attached hydrogen (secondary N) is 1. The Kier molecular flexibility index (Phi) is 3.74. The van der Waals surface area contributed by atoms with Crippen LogP contribution in [0, 0.1) is 0 Å². The lowest BCUT2D eigenvalue weighted by atomic mass is 10.1. The van der Waals surface area contributed by atoms with Gasteiger partial charge in [0.05, 0.1) is 19.1 Å². The lowest BCUT2D eigenvalue weighted by Gasteiger charge is -2.04. The quantitative estimate of drug-likeness (QED) is 0.837. The molecule has 0 aromatic carbocycles. The minimum Gasteiger partial charge on any atom is -0.461 e. The van der Waals surface area contributed by atoms with E-state index in [2.05, 4.69) is 10.2 Å². The fraction of sp³-hybridized carbons (Fsp3) is 0.583. The molecule has 1 aromatic rings. The van der Waals surface area contributed by atoms with Crippen LogP contribution in [0.2, 0.25) is 0 Å². The van der Waals surface area contributed by atoms with Crippen LogP contribution >= 0.6 is 0 Å². The van der Waals surface area contributed by atoms with Gasteiger partial charge in [-0.1, -0.05) is 0 Å². The zero-order chi connectivity index (χ0) is 14.9. The molecule has 0 radical (unpaired) electrons. The van der Waals surface area contributed by atoms with E-state index in [9.17, 15) is 18.4 Å². The fourth-order valence-electron chi connectivity index (χ4n) is 1.93. The van der Waals surface area contributed by atoms with Crippen LogP contribution in [0.15, 0.2) is 0 Å². The average Bonchev–Trinajstić information content (AvgIpc) is 2.84. The molecule has 2 rings (SSSR count). The van der Waals surface area contributed by atoms with E-state index in [1.165, 1.54) is 0 Å². The van der Waals surface area contributed by atoms with Crippen LogP contribution in [0.1, 0.15) is 52.7 Å². The number of aromatic nitrogens is 2. The van der Waals surface area contributed by atoms with Gasteiger partial charge in [-0.05, 0) is 13.8 Å². The number of rotatable bonds is 5. The summed E-state index contributed by atoms with van der Waals surface area (Å²) in [6, 6.07) is 0. The van der Waals surface area contributed by atoms with Gasteiger partial charge in [0.2, 0.25) is 0 Å².